The fourth-order valence-corrected chi connectivity index (χ4v) is 4.22. The molecule has 0 aromatic rings. The van der Waals surface area contributed by atoms with Crippen molar-refractivity contribution in [2.24, 2.45) is 23.2 Å². The molecular formula is C14H17N3. The van der Waals surface area contributed by atoms with E-state index in [1.165, 1.54) is 12.8 Å². The average molecular weight is 227 g/mol. The Kier molecular flexibility index (Phi) is 3.35. The first-order chi connectivity index (χ1) is 8.28. The first-order valence-corrected chi connectivity index (χ1v) is 6.42. The number of rotatable bonds is 4. The number of nitrogens with zero attached hydrogens (tertiary/aromatic N) is 3. The van der Waals surface area contributed by atoms with Crippen LogP contribution in [0.25, 0.3) is 0 Å². The molecule has 0 N–H and O–H groups in total. The van der Waals surface area contributed by atoms with Crippen molar-refractivity contribution < 1.29 is 0 Å². The molecule has 2 aliphatic rings. The lowest BCUT2D eigenvalue weighted by Crippen LogP contribution is -2.35. The van der Waals surface area contributed by atoms with Crippen LogP contribution in [0.4, 0.5) is 0 Å². The highest BCUT2D eigenvalue weighted by Crippen LogP contribution is 2.63. The lowest BCUT2D eigenvalue weighted by molar-refractivity contribution is 0.0928. The third kappa shape index (κ3) is 1.79. The Bertz CT molecular complexity index is 389. The van der Waals surface area contributed by atoms with Crippen molar-refractivity contribution in [3.63, 3.8) is 0 Å². The fraction of sp³-hybridized carbons (Fsp3) is 0.786. The van der Waals surface area contributed by atoms with E-state index in [1.807, 2.05) is 0 Å². The summed E-state index contributed by atoms with van der Waals surface area (Å²) in [4.78, 5) is 0. The Balaban J connectivity index is 2.23. The van der Waals surface area contributed by atoms with Gasteiger partial charge in [-0.3, -0.25) is 0 Å². The predicted molar refractivity (Wildman–Crippen MR) is 62.1 cm³/mol. The lowest BCUT2D eigenvalue weighted by Gasteiger charge is -2.40. The van der Waals surface area contributed by atoms with E-state index in [0.29, 0.717) is 24.7 Å². The molecule has 3 nitrogen and oxygen atoms in total. The van der Waals surface area contributed by atoms with Crippen molar-refractivity contribution >= 4 is 0 Å². The molecule has 2 rings (SSSR count). The van der Waals surface area contributed by atoms with Crippen LogP contribution in [0.2, 0.25) is 0 Å². The minimum Gasteiger partial charge on any atom is -0.198 e. The summed E-state index contributed by atoms with van der Waals surface area (Å²) in [5.41, 5.74) is -0.0247. The van der Waals surface area contributed by atoms with Gasteiger partial charge >= 0.3 is 0 Å². The summed E-state index contributed by atoms with van der Waals surface area (Å²) in [7, 11) is 0. The topological polar surface area (TPSA) is 71.4 Å². The summed E-state index contributed by atoms with van der Waals surface area (Å²) in [5.74, 6) is 1.20. The van der Waals surface area contributed by atoms with E-state index in [9.17, 15) is 5.26 Å². The summed E-state index contributed by atoms with van der Waals surface area (Å²) in [6.07, 6.45) is 6.17. The van der Waals surface area contributed by atoms with Gasteiger partial charge in [-0.25, -0.2) is 0 Å². The first-order valence-electron chi connectivity index (χ1n) is 6.42. The predicted octanol–water partition coefficient (Wildman–Crippen LogP) is 3.15. The highest BCUT2D eigenvalue weighted by molar-refractivity contribution is 5.13. The van der Waals surface area contributed by atoms with Gasteiger partial charge in [-0.2, -0.15) is 15.8 Å². The molecule has 2 aliphatic carbocycles. The quantitative estimate of drug-likeness (QED) is 0.740. The molecular weight excluding hydrogens is 210 g/mol. The maximum absolute atomic E-state index is 9.41. The first kappa shape index (κ1) is 11.9. The molecule has 0 spiro atoms. The number of hydrogen-bond acceptors (Lipinski definition) is 3. The van der Waals surface area contributed by atoms with Crippen molar-refractivity contribution in [1.29, 1.82) is 15.8 Å². The molecule has 0 saturated heterocycles. The summed E-state index contributed by atoms with van der Waals surface area (Å²) in [5, 5.41) is 27.0. The molecule has 0 radical (unpaired) electrons. The molecule has 88 valence electrons. The van der Waals surface area contributed by atoms with Gasteiger partial charge in [0.1, 0.15) is 0 Å². The SMILES string of the molecule is N#CCCC1(CCC#N)C2CCC(C2)C1C#N. The Morgan fingerprint density at radius 1 is 1.00 bits per heavy atom. The molecule has 17 heavy (non-hydrogen) atoms. The maximum atomic E-state index is 9.41. The molecule has 0 heterocycles. The second-order valence-corrected chi connectivity index (χ2v) is 5.43. The van der Waals surface area contributed by atoms with Gasteiger partial charge in [0.15, 0.2) is 0 Å². The van der Waals surface area contributed by atoms with Crippen LogP contribution in [-0.4, -0.2) is 0 Å². The third-order valence-corrected chi connectivity index (χ3v) is 4.92. The Morgan fingerprint density at radius 2 is 1.65 bits per heavy atom. The Hall–Kier alpha value is -1.53. The molecule has 2 fully saturated rings. The smallest absolute Gasteiger partial charge is 0.0664 e. The molecule has 3 heteroatoms. The van der Waals surface area contributed by atoms with Crippen LogP contribution >= 0.6 is 0 Å². The van der Waals surface area contributed by atoms with E-state index >= 15 is 0 Å². The van der Waals surface area contributed by atoms with Crippen LogP contribution in [0.5, 0.6) is 0 Å². The van der Waals surface area contributed by atoms with E-state index < -0.39 is 0 Å². The molecule has 3 unspecified atom stereocenters. The lowest BCUT2D eigenvalue weighted by atomic mass is 9.62. The van der Waals surface area contributed by atoms with Crippen LogP contribution in [0.1, 0.15) is 44.9 Å². The van der Waals surface area contributed by atoms with Crippen LogP contribution in [0.3, 0.4) is 0 Å². The van der Waals surface area contributed by atoms with Crippen LogP contribution in [0.15, 0.2) is 0 Å². The summed E-state index contributed by atoms with van der Waals surface area (Å²) >= 11 is 0. The minimum atomic E-state index is -0.0247. The van der Waals surface area contributed by atoms with E-state index in [0.717, 1.165) is 19.3 Å². The minimum absolute atomic E-state index is 0.0247. The van der Waals surface area contributed by atoms with Gasteiger partial charge in [0.25, 0.3) is 0 Å². The average Bonchev–Trinajstić information content (AvgIpc) is 2.93. The normalized spacial score (nSPS) is 32.6. The summed E-state index contributed by atoms with van der Waals surface area (Å²) in [6, 6.07) is 6.90. The molecule has 2 bridgehead atoms. The molecule has 0 amide bonds. The highest BCUT2D eigenvalue weighted by atomic mass is 14.6. The fourth-order valence-electron chi connectivity index (χ4n) is 4.22. The largest absolute Gasteiger partial charge is 0.198 e. The van der Waals surface area contributed by atoms with Gasteiger partial charge in [-0.15, -0.1) is 0 Å². The monoisotopic (exact) mass is 227 g/mol. The van der Waals surface area contributed by atoms with Gasteiger partial charge in [0.2, 0.25) is 0 Å². The van der Waals surface area contributed by atoms with Crippen LogP contribution < -0.4 is 0 Å². The van der Waals surface area contributed by atoms with E-state index in [1.54, 1.807) is 0 Å². The summed E-state index contributed by atoms with van der Waals surface area (Å²) < 4.78 is 0. The van der Waals surface area contributed by atoms with Crippen molar-refractivity contribution in [1.82, 2.24) is 0 Å². The van der Waals surface area contributed by atoms with E-state index in [4.69, 9.17) is 10.5 Å². The molecule has 2 saturated carbocycles. The zero-order valence-electron chi connectivity index (χ0n) is 10.0. The molecule has 0 aromatic carbocycles. The molecule has 0 aliphatic heterocycles. The van der Waals surface area contributed by atoms with Crippen LogP contribution in [0, 0.1) is 57.2 Å². The third-order valence-electron chi connectivity index (χ3n) is 4.92. The molecule has 0 aromatic heterocycles. The van der Waals surface area contributed by atoms with Crippen LogP contribution in [-0.2, 0) is 0 Å². The van der Waals surface area contributed by atoms with Crippen molar-refractivity contribution in [3.05, 3.63) is 0 Å². The summed E-state index contributed by atoms with van der Waals surface area (Å²) in [6.45, 7) is 0. The van der Waals surface area contributed by atoms with Crippen molar-refractivity contribution in [3.8, 4) is 18.2 Å². The van der Waals surface area contributed by atoms with Crippen molar-refractivity contribution in [2.45, 2.75) is 44.9 Å². The van der Waals surface area contributed by atoms with Crippen molar-refractivity contribution in [2.75, 3.05) is 0 Å². The second kappa shape index (κ2) is 4.77. The zero-order valence-corrected chi connectivity index (χ0v) is 10.0. The standard InChI is InChI=1S/C14H17N3/c15-7-1-5-14(6-2-8-16)12-4-3-11(9-12)13(14)10-17/h11-13H,1-6,9H2. The van der Waals surface area contributed by atoms with Gasteiger partial charge in [0, 0.05) is 12.8 Å². The maximum Gasteiger partial charge on any atom is 0.0664 e. The second-order valence-electron chi connectivity index (χ2n) is 5.43. The number of nitriles is 3. The Morgan fingerprint density at radius 3 is 2.18 bits per heavy atom. The number of hydrogen-bond donors (Lipinski definition) is 0. The van der Waals surface area contributed by atoms with Gasteiger partial charge < -0.3 is 0 Å². The van der Waals surface area contributed by atoms with E-state index in [2.05, 4.69) is 18.2 Å². The highest BCUT2D eigenvalue weighted by Gasteiger charge is 2.57. The van der Waals surface area contributed by atoms with Gasteiger partial charge in [-0.05, 0) is 49.4 Å². The van der Waals surface area contributed by atoms with E-state index in [-0.39, 0.29) is 11.3 Å². The zero-order chi connectivity index (χ0) is 12.3. The molecule has 3 atom stereocenters. The Labute approximate surface area is 103 Å². The van der Waals surface area contributed by atoms with Gasteiger partial charge in [-0.1, -0.05) is 0 Å². The number of fused-ring (bicyclic) bond motifs is 2. The van der Waals surface area contributed by atoms with Gasteiger partial charge in [0.05, 0.1) is 24.1 Å².